The topological polar surface area (TPSA) is 137 Å². The second-order valence-corrected chi connectivity index (χ2v) is 14.2. The molecule has 4 aliphatic rings. The lowest BCUT2D eigenvalue weighted by Gasteiger charge is -2.58. The van der Waals surface area contributed by atoms with Crippen LogP contribution in [0.1, 0.15) is 75.3 Å². The van der Waals surface area contributed by atoms with Crippen molar-refractivity contribution < 1.29 is 43.2 Å². The zero-order valence-corrected chi connectivity index (χ0v) is 28.1. The molecule has 6 rings (SSSR count). The van der Waals surface area contributed by atoms with E-state index in [4.69, 9.17) is 18.9 Å². The molecule has 9 atom stereocenters. The highest BCUT2D eigenvalue weighted by Gasteiger charge is 2.62. The number of methoxy groups -OCH3 is 1. The number of carbonyl (C=O) groups excluding carboxylic acids is 4. The summed E-state index contributed by atoms with van der Waals surface area (Å²) in [5.41, 5.74) is -0.331. The SMILES string of the molecule is CO[C@@H](C(=O)O[C@H]1CC2(O)CC3C(CC[C@H]4OCC34)C(=O)C(OC(C)=O)C(=C1C)C2(C)C)[C@@H](NC(=O)c1ccccc1)c1ccccc1. The molecule has 10 heteroatoms. The molecule has 10 nitrogen and oxygen atoms in total. The molecule has 1 heterocycles. The number of carbonyl (C=O) groups is 4. The molecule has 1 aliphatic heterocycles. The van der Waals surface area contributed by atoms with Gasteiger partial charge < -0.3 is 29.4 Å². The highest BCUT2D eigenvalue weighted by atomic mass is 16.6. The Morgan fingerprint density at radius 1 is 0.958 bits per heavy atom. The van der Waals surface area contributed by atoms with E-state index >= 15 is 0 Å². The molecule has 2 N–H and O–H groups in total. The fourth-order valence-electron chi connectivity index (χ4n) is 8.57. The Kier molecular flexibility index (Phi) is 9.37. The Labute approximate surface area is 281 Å². The van der Waals surface area contributed by atoms with Crippen LogP contribution in [0, 0.1) is 23.2 Å². The first-order chi connectivity index (χ1) is 22.9. The van der Waals surface area contributed by atoms with Gasteiger partial charge in [0, 0.05) is 43.3 Å². The predicted molar refractivity (Wildman–Crippen MR) is 174 cm³/mol. The van der Waals surface area contributed by atoms with E-state index < -0.39 is 53.2 Å². The Bertz CT molecular complexity index is 1590. The second kappa shape index (κ2) is 13.2. The minimum Gasteiger partial charge on any atom is -0.456 e. The molecule has 256 valence electrons. The van der Waals surface area contributed by atoms with Crippen molar-refractivity contribution in [1.29, 1.82) is 0 Å². The van der Waals surface area contributed by atoms with E-state index in [1.165, 1.54) is 14.0 Å². The van der Waals surface area contributed by atoms with Crippen LogP contribution in [-0.2, 0) is 33.3 Å². The maximum atomic E-state index is 14.3. The van der Waals surface area contributed by atoms with Crippen LogP contribution in [0.2, 0.25) is 0 Å². The largest absolute Gasteiger partial charge is 0.456 e. The highest BCUT2D eigenvalue weighted by molar-refractivity contribution is 5.95. The molecule has 2 saturated carbocycles. The summed E-state index contributed by atoms with van der Waals surface area (Å²) >= 11 is 0. The van der Waals surface area contributed by atoms with Gasteiger partial charge in [-0.3, -0.25) is 14.4 Å². The molecule has 2 bridgehead atoms. The molecule has 1 saturated heterocycles. The summed E-state index contributed by atoms with van der Waals surface area (Å²) < 4.78 is 23.6. The van der Waals surface area contributed by atoms with Crippen LogP contribution < -0.4 is 5.32 Å². The van der Waals surface area contributed by atoms with E-state index in [1.54, 1.807) is 55.5 Å². The normalized spacial score (nSPS) is 31.8. The number of Topliss-reactive ketones (excluding diaryl/α,β-unsaturated/α-hetero) is 1. The summed E-state index contributed by atoms with van der Waals surface area (Å²) in [6.45, 7) is 7.29. The van der Waals surface area contributed by atoms with Crippen LogP contribution in [-0.4, -0.2) is 72.5 Å². The molecule has 1 amide bonds. The lowest BCUT2D eigenvalue weighted by molar-refractivity contribution is -0.206. The van der Waals surface area contributed by atoms with Gasteiger partial charge in [-0.05, 0) is 60.9 Å². The lowest BCUT2D eigenvalue weighted by atomic mass is 9.51. The molecule has 0 spiro atoms. The number of ether oxygens (including phenoxy) is 4. The van der Waals surface area contributed by atoms with Crippen molar-refractivity contribution in [1.82, 2.24) is 5.32 Å². The highest BCUT2D eigenvalue weighted by Crippen LogP contribution is 2.58. The number of hydrogen-bond donors (Lipinski definition) is 2. The van der Waals surface area contributed by atoms with Gasteiger partial charge in [-0.15, -0.1) is 0 Å². The van der Waals surface area contributed by atoms with Gasteiger partial charge in [0.2, 0.25) is 0 Å². The number of nitrogens with one attached hydrogen (secondary N) is 1. The number of amides is 1. The maximum absolute atomic E-state index is 14.3. The van der Waals surface area contributed by atoms with E-state index in [0.717, 1.165) is 6.42 Å². The van der Waals surface area contributed by atoms with Crippen LogP contribution in [0.15, 0.2) is 71.8 Å². The van der Waals surface area contributed by atoms with E-state index in [1.807, 2.05) is 26.0 Å². The first kappa shape index (κ1) is 34.0. The number of esters is 2. The molecule has 0 radical (unpaired) electrons. The molecule has 2 aromatic rings. The van der Waals surface area contributed by atoms with E-state index in [-0.39, 0.29) is 36.1 Å². The average molecular weight is 660 g/mol. The Hall–Kier alpha value is -3.86. The van der Waals surface area contributed by atoms with E-state index in [0.29, 0.717) is 41.7 Å². The fraction of sp³-hybridized carbons (Fsp3) is 0.526. The standard InChI is InChI=1S/C38H45NO9/c1-21-29(48-36(43)34(45-5)31(23-12-8-6-9-13-23)39-35(42)24-14-10-7-11-15-24)19-38(44)18-26-25(16-17-28-27(26)20-46-28)32(41)33(47-22(2)40)30(21)37(38,3)4/h6-15,25-29,31,33-34,44H,16-20H2,1-5H3,(H,39,42)/t25?,26?,27?,28-,29+,31+,33?,34-,38?/m1/s1. The van der Waals surface area contributed by atoms with Gasteiger partial charge in [-0.1, -0.05) is 62.4 Å². The van der Waals surface area contributed by atoms with Crippen LogP contribution >= 0.6 is 0 Å². The van der Waals surface area contributed by atoms with Crippen LogP contribution in [0.3, 0.4) is 0 Å². The molecule has 48 heavy (non-hydrogen) atoms. The van der Waals surface area contributed by atoms with E-state index in [9.17, 15) is 24.3 Å². The lowest BCUT2D eigenvalue weighted by Crippen LogP contribution is -2.63. The van der Waals surface area contributed by atoms with Crippen LogP contribution in [0.4, 0.5) is 0 Å². The fourth-order valence-corrected chi connectivity index (χ4v) is 8.57. The van der Waals surface area contributed by atoms with Gasteiger partial charge >= 0.3 is 11.9 Å². The number of ketones is 1. The molecule has 0 aromatic heterocycles. The molecule has 2 aromatic carbocycles. The third-order valence-electron chi connectivity index (χ3n) is 11.3. The van der Waals surface area contributed by atoms with Gasteiger partial charge in [-0.25, -0.2) is 4.79 Å². The molecule has 3 fully saturated rings. The third kappa shape index (κ3) is 5.99. The van der Waals surface area contributed by atoms with Crippen molar-refractivity contribution >= 4 is 23.6 Å². The Balaban J connectivity index is 1.36. The number of aliphatic hydroxyl groups is 1. The smallest absolute Gasteiger partial charge is 0.338 e. The van der Waals surface area contributed by atoms with Gasteiger partial charge in [0.25, 0.3) is 5.91 Å². The second-order valence-electron chi connectivity index (χ2n) is 14.2. The van der Waals surface area contributed by atoms with Gasteiger partial charge in [0.1, 0.15) is 6.10 Å². The van der Waals surface area contributed by atoms with Gasteiger partial charge in [-0.2, -0.15) is 0 Å². The third-order valence-corrected chi connectivity index (χ3v) is 11.3. The predicted octanol–water partition coefficient (Wildman–Crippen LogP) is 4.51. The van der Waals surface area contributed by atoms with Gasteiger partial charge in [0.05, 0.1) is 24.4 Å². The quantitative estimate of drug-likeness (QED) is 0.310. The first-order valence-electron chi connectivity index (χ1n) is 16.8. The maximum Gasteiger partial charge on any atom is 0.338 e. The summed E-state index contributed by atoms with van der Waals surface area (Å²) in [5.74, 6) is -2.38. The van der Waals surface area contributed by atoms with E-state index in [2.05, 4.69) is 5.32 Å². The van der Waals surface area contributed by atoms with Crippen molar-refractivity contribution in [3.05, 3.63) is 82.9 Å². The molecule has 3 aliphatic carbocycles. The summed E-state index contributed by atoms with van der Waals surface area (Å²) in [6, 6.07) is 16.8. The minimum absolute atomic E-state index is 0.0369. The van der Waals surface area contributed by atoms with Crippen molar-refractivity contribution in [2.75, 3.05) is 13.7 Å². The molecular weight excluding hydrogens is 614 g/mol. The zero-order valence-electron chi connectivity index (χ0n) is 28.1. The number of benzene rings is 2. The van der Waals surface area contributed by atoms with Crippen molar-refractivity contribution in [2.45, 2.75) is 89.4 Å². The Morgan fingerprint density at radius 3 is 2.23 bits per heavy atom. The number of fused-ring (bicyclic) bond motifs is 5. The van der Waals surface area contributed by atoms with Crippen molar-refractivity contribution in [3.8, 4) is 0 Å². The Morgan fingerprint density at radius 2 is 1.62 bits per heavy atom. The average Bonchev–Trinajstić information content (AvgIpc) is 3.04. The summed E-state index contributed by atoms with van der Waals surface area (Å²) in [7, 11) is 1.37. The zero-order chi connectivity index (χ0) is 34.4. The first-order valence-corrected chi connectivity index (χ1v) is 16.8. The number of rotatable bonds is 8. The molecular formula is C38H45NO9. The van der Waals surface area contributed by atoms with Crippen LogP contribution in [0.5, 0.6) is 0 Å². The van der Waals surface area contributed by atoms with Crippen LogP contribution in [0.25, 0.3) is 0 Å². The van der Waals surface area contributed by atoms with Crippen molar-refractivity contribution in [3.63, 3.8) is 0 Å². The van der Waals surface area contributed by atoms with Gasteiger partial charge in [0.15, 0.2) is 18.0 Å². The summed E-state index contributed by atoms with van der Waals surface area (Å²) in [6.07, 6.45) is -1.68. The monoisotopic (exact) mass is 659 g/mol. The summed E-state index contributed by atoms with van der Waals surface area (Å²) in [5, 5.41) is 15.6. The molecule has 5 unspecified atom stereocenters. The summed E-state index contributed by atoms with van der Waals surface area (Å²) in [4.78, 5) is 54.3. The number of hydrogen-bond acceptors (Lipinski definition) is 9. The minimum atomic E-state index is -1.41. The van der Waals surface area contributed by atoms with Crippen molar-refractivity contribution in [2.24, 2.45) is 23.2 Å².